The van der Waals surface area contributed by atoms with Gasteiger partial charge in [-0.25, -0.2) is 0 Å². The molecule has 0 aliphatic rings. The van der Waals surface area contributed by atoms with Gasteiger partial charge in [0.15, 0.2) is 0 Å². The Hall–Kier alpha value is -2.36. The second kappa shape index (κ2) is 4.02. The van der Waals surface area contributed by atoms with Crippen LogP contribution in [-0.4, -0.2) is 16.0 Å². The predicted molar refractivity (Wildman–Crippen MR) is 59.9 cm³/mol. The van der Waals surface area contributed by atoms with Crippen molar-refractivity contribution < 1.29 is 9.90 Å². The molecule has 0 aliphatic carbocycles. The van der Waals surface area contributed by atoms with Gasteiger partial charge < -0.3 is 10.8 Å². The highest BCUT2D eigenvalue weighted by molar-refractivity contribution is 5.93. The summed E-state index contributed by atoms with van der Waals surface area (Å²) in [6.07, 6.45) is 3.02. The zero-order chi connectivity index (χ0) is 11.5. The first-order chi connectivity index (χ1) is 7.66. The van der Waals surface area contributed by atoms with Gasteiger partial charge in [-0.2, -0.15) is 0 Å². The first-order valence-corrected chi connectivity index (χ1v) is 4.71. The van der Waals surface area contributed by atoms with Crippen LogP contribution in [0.4, 0.5) is 0 Å². The van der Waals surface area contributed by atoms with Crippen LogP contribution in [0.5, 0.6) is 5.75 Å². The van der Waals surface area contributed by atoms with E-state index in [0.717, 1.165) is 11.1 Å². The highest BCUT2D eigenvalue weighted by Gasteiger charge is 2.04. The molecular formula is C12H10N2O2. The summed E-state index contributed by atoms with van der Waals surface area (Å²) in [5, 5.41) is 9.34. The Kier molecular flexibility index (Phi) is 2.55. The quantitative estimate of drug-likeness (QED) is 0.796. The van der Waals surface area contributed by atoms with E-state index in [-0.39, 0.29) is 5.75 Å². The molecular weight excluding hydrogens is 204 g/mol. The Morgan fingerprint density at radius 1 is 1.19 bits per heavy atom. The largest absolute Gasteiger partial charge is 0.508 e. The highest BCUT2D eigenvalue weighted by Crippen LogP contribution is 2.22. The van der Waals surface area contributed by atoms with Crippen molar-refractivity contribution in [2.24, 2.45) is 5.73 Å². The molecule has 0 radical (unpaired) electrons. The lowest BCUT2D eigenvalue weighted by molar-refractivity contribution is 0.1000. The summed E-state index contributed by atoms with van der Waals surface area (Å²) in [5.74, 6) is -0.350. The fourth-order valence-corrected chi connectivity index (χ4v) is 1.42. The molecule has 1 heterocycles. The van der Waals surface area contributed by atoms with Gasteiger partial charge in [-0.1, -0.05) is 12.1 Å². The van der Waals surface area contributed by atoms with Gasteiger partial charge in [0.2, 0.25) is 5.91 Å². The standard InChI is InChI=1S/C12H10N2O2/c13-12(16)10-4-9(6-14-7-10)8-2-1-3-11(15)5-8/h1-7,15H,(H2,13,16). The van der Waals surface area contributed by atoms with Crippen molar-refractivity contribution in [3.8, 4) is 16.9 Å². The van der Waals surface area contributed by atoms with E-state index >= 15 is 0 Å². The zero-order valence-corrected chi connectivity index (χ0v) is 8.42. The Balaban J connectivity index is 2.48. The molecule has 0 aliphatic heterocycles. The summed E-state index contributed by atoms with van der Waals surface area (Å²) >= 11 is 0. The van der Waals surface area contributed by atoms with E-state index in [9.17, 15) is 9.90 Å². The number of aromatic nitrogens is 1. The predicted octanol–water partition coefficient (Wildman–Crippen LogP) is 1.55. The number of pyridine rings is 1. The number of carbonyl (C=O) groups is 1. The maximum absolute atomic E-state index is 11.0. The molecule has 0 bridgehead atoms. The number of amides is 1. The van der Waals surface area contributed by atoms with Crippen LogP contribution in [-0.2, 0) is 0 Å². The summed E-state index contributed by atoms with van der Waals surface area (Å²) in [5.41, 5.74) is 7.04. The summed E-state index contributed by atoms with van der Waals surface area (Å²) < 4.78 is 0. The number of nitrogens with zero attached hydrogens (tertiary/aromatic N) is 1. The molecule has 1 aromatic heterocycles. The van der Waals surface area contributed by atoms with Crippen molar-refractivity contribution in [3.05, 3.63) is 48.3 Å². The van der Waals surface area contributed by atoms with Crippen molar-refractivity contribution in [1.29, 1.82) is 0 Å². The maximum Gasteiger partial charge on any atom is 0.250 e. The maximum atomic E-state index is 11.0. The molecule has 0 fully saturated rings. The number of carbonyl (C=O) groups excluding carboxylic acids is 1. The zero-order valence-electron chi connectivity index (χ0n) is 8.42. The van der Waals surface area contributed by atoms with E-state index in [4.69, 9.17) is 5.73 Å². The lowest BCUT2D eigenvalue weighted by Crippen LogP contribution is -2.11. The van der Waals surface area contributed by atoms with Crippen LogP contribution in [0.25, 0.3) is 11.1 Å². The van der Waals surface area contributed by atoms with Crippen molar-refractivity contribution in [2.45, 2.75) is 0 Å². The normalized spacial score (nSPS) is 10.0. The number of benzene rings is 1. The Bertz CT molecular complexity index is 538. The number of phenols is 1. The van der Waals surface area contributed by atoms with Crippen molar-refractivity contribution >= 4 is 5.91 Å². The minimum absolute atomic E-state index is 0.168. The Morgan fingerprint density at radius 3 is 2.69 bits per heavy atom. The molecule has 2 aromatic rings. The van der Waals surface area contributed by atoms with Gasteiger partial charge in [-0.15, -0.1) is 0 Å². The number of hydrogen-bond acceptors (Lipinski definition) is 3. The third kappa shape index (κ3) is 2.00. The monoisotopic (exact) mass is 214 g/mol. The molecule has 80 valence electrons. The topological polar surface area (TPSA) is 76.2 Å². The molecule has 0 unspecified atom stereocenters. The second-order valence-electron chi connectivity index (χ2n) is 3.38. The van der Waals surface area contributed by atoms with Gasteiger partial charge in [-0.3, -0.25) is 9.78 Å². The summed E-state index contributed by atoms with van der Waals surface area (Å²) in [7, 11) is 0. The third-order valence-electron chi connectivity index (χ3n) is 2.20. The molecule has 0 saturated carbocycles. The minimum atomic E-state index is -0.519. The molecule has 1 amide bonds. The number of nitrogens with two attached hydrogens (primary N) is 1. The van der Waals surface area contributed by atoms with Crippen molar-refractivity contribution in [2.75, 3.05) is 0 Å². The Labute approximate surface area is 92.4 Å². The smallest absolute Gasteiger partial charge is 0.250 e. The first kappa shape index (κ1) is 10.2. The van der Waals surface area contributed by atoms with Crippen LogP contribution < -0.4 is 5.73 Å². The van der Waals surface area contributed by atoms with Crippen LogP contribution in [0.2, 0.25) is 0 Å². The molecule has 1 aromatic carbocycles. The SMILES string of the molecule is NC(=O)c1cncc(-c2cccc(O)c2)c1. The van der Waals surface area contributed by atoms with E-state index in [1.165, 1.54) is 6.20 Å². The van der Waals surface area contributed by atoms with Gasteiger partial charge in [-0.05, 0) is 23.8 Å². The molecule has 2 rings (SSSR count). The lowest BCUT2D eigenvalue weighted by atomic mass is 10.1. The van der Waals surface area contributed by atoms with Gasteiger partial charge in [0.25, 0.3) is 0 Å². The van der Waals surface area contributed by atoms with Crippen LogP contribution in [0, 0.1) is 0 Å². The summed E-state index contributed by atoms with van der Waals surface area (Å²) in [6.45, 7) is 0. The van der Waals surface area contributed by atoms with Crippen molar-refractivity contribution in [1.82, 2.24) is 4.98 Å². The van der Waals surface area contributed by atoms with Gasteiger partial charge >= 0.3 is 0 Å². The van der Waals surface area contributed by atoms with E-state index in [1.54, 1.807) is 30.5 Å². The minimum Gasteiger partial charge on any atom is -0.508 e. The second-order valence-corrected chi connectivity index (χ2v) is 3.38. The summed E-state index contributed by atoms with van der Waals surface area (Å²) in [6, 6.07) is 8.36. The van der Waals surface area contributed by atoms with Gasteiger partial charge in [0.05, 0.1) is 5.56 Å². The number of primary amides is 1. The van der Waals surface area contributed by atoms with E-state index in [2.05, 4.69) is 4.98 Å². The third-order valence-corrected chi connectivity index (χ3v) is 2.20. The van der Waals surface area contributed by atoms with Crippen LogP contribution in [0.15, 0.2) is 42.7 Å². The van der Waals surface area contributed by atoms with E-state index < -0.39 is 5.91 Å². The summed E-state index contributed by atoms with van der Waals surface area (Å²) in [4.78, 5) is 14.9. The van der Waals surface area contributed by atoms with Crippen LogP contribution in [0.1, 0.15) is 10.4 Å². The average molecular weight is 214 g/mol. The molecule has 0 spiro atoms. The average Bonchev–Trinajstić information content (AvgIpc) is 2.29. The van der Waals surface area contributed by atoms with E-state index in [1.807, 2.05) is 6.07 Å². The molecule has 16 heavy (non-hydrogen) atoms. The van der Waals surface area contributed by atoms with Gasteiger partial charge in [0, 0.05) is 18.0 Å². The number of hydrogen-bond donors (Lipinski definition) is 2. The Morgan fingerprint density at radius 2 is 2.00 bits per heavy atom. The fourth-order valence-electron chi connectivity index (χ4n) is 1.42. The number of aromatic hydroxyl groups is 1. The van der Waals surface area contributed by atoms with Crippen LogP contribution >= 0.6 is 0 Å². The number of phenolic OH excluding ortho intramolecular Hbond substituents is 1. The fraction of sp³-hybridized carbons (Fsp3) is 0. The molecule has 0 saturated heterocycles. The molecule has 4 nitrogen and oxygen atoms in total. The highest BCUT2D eigenvalue weighted by atomic mass is 16.3. The van der Waals surface area contributed by atoms with Crippen LogP contribution in [0.3, 0.4) is 0 Å². The molecule has 0 atom stereocenters. The van der Waals surface area contributed by atoms with Gasteiger partial charge in [0.1, 0.15) is 5.75 Å². The molecule has 4 heteroatoms. The lowest BCUT2D eigenvalue weighted by Gasteiger charge is -2.03. The van der Waals surface area contributed by atoms with Crippen molar-refractivity contribution in [3.63, 3.8) is 0 Å². The van der Waals surface area contributed by atoms with E-state index in [0.29, 0.717) is 5.56 Å². The molecule has 3 N–H and O–H groups in total. The first-order valence-electron chi connectivity index (χ1n) is 4.71. The number of rotatable bonds is 2.